The molecule has 3 N–H and O–H groups in total. The number of rotatable bonds is 7. The maximum absolute atomic E-state index is 14.6. The Balaban J connectivity index is 1.41. The van der Waals surface area contributed by atoms with Gasteiger partial charge < -0.3 is 24.5 Å². The number of hydrogen-bond donors (Lipinski definition) is 3. The van der Waals surface area contributed by atoms with Gasteiger partial charge in [-0.25, -0.2) is 17.6 Å². The molecule has 0 aliphatic carbocycles. The predicted molar refractivity (Wildman–Crippen MR) is 134 cm³/mol. The van der Waals surface area contributed by atoms with Crippen LogP contribution in [0.1, 0.15) is 12.8 Å². The van der Waals surface area contributed by atoms with Crippen LogP contribution in [0.15, 0.2) is 47.5 Å². The highest BCUT2D eigenvalue weighted by molar-refractivity contribution is 7.89. The van der Waals surface area contributed by atoms with Gasteiger partial charge in [0, 0.05) is 36.1 Å². The van der Waals surface area contributed by atoms with E-state index < -0.39 is 44.1 Å². The Labute approximate surface area is 218 Å². The fourth-order valence-corrected chi connectivity index (χ4v) is 6.85. The molecule has 0 saturated carbocycles. The van der Waals surface area contributed by atoms with Gasteiger partial charge in [-0.1, -0.05) is 0 Å². The van der Waals surface area contributed by atoms with Crippen molar-refractivity contribution in [2.24, 2.45) is 5.92 Å². The molecule has 2 aliphatic heterocycles. The first-order valence-electron chi connectivity index (χ1n) is 11.9. The van der Waals surface area contributed by atoms with E-state index in [9.17, 15) is 27.5 Å². The first kappa shape index (κ1) is 25.8. The molecule has 3 amide bonds. The third-order valence-corrected chi connectivity index (χ3v) is 9.29. The number of urea groups is 1. The number of fused-ring (bicyclic) bond motifs is 1. The van der Waals surface area contributed by atoms with Crippen LogP contribution in [0.5, 0.6) is 17.4 Å². The summed E-state index contributed by atoms with van der Waals surface area (Å²) < 4.78 is 53.8. The van der Waals surface area contributed by atoms with Gasteiger partial charge in [0.2, 0.25) is 10.0 Å². The third-order valence-electron chi connectivity index (χ3n) is 7.36. The van der Waals surface area contributed by atoms with Gasteiger partial charge in [0.05, 0.1) is 20.8 Å². The van der Waals surface area contributed by atoms with Crippen LogP contribution in [-0.4, -0.2) is 67.2 Å². The Bertz CT molecular complexity index is 1530. The van der Waals surface area contributed by atoms with Gasteiger partial charge in [-0.3, -0.25) is 10.1 Å². The number of carbonyl (C=O) groups is 2. The molecule has 38 heavy (non-hydrogen) atoms. The van der Waals surface area contributed by atoms with Gasteiger partial charge in [0.1, 0.15) is 27.8 Å². The number of hydrogen-bond acceptors (Lipinski definition) is 7. The van der Waals surface area contributed by atoms with Crippen molar-refractivity contribution in [1.82, 2.24) is 19.5 Å². The van der Waals surface area contributed by atoms with Crippen LogP contribution in [0.2, 0.25) is 0 Å². The normalized spacial score (nSPS) is 20.9. The van der Waals surface area contributed by atoms with Crippen LogP contribution in [0.25, 0.3) is 10.8 Å². The lowest BCUT2D eigenvalue weighted by Crippen LogP contribution is -2.58. The van der Waals surface area contributed by atoms with E-state index in [1.807, 2.05) is 0 Å². The number of aromatic hydroxyl groups is 1. The Morgan fingerprint density at radius 3 is 2.34 bits per heavy atom. The molecule has 1 aromatic heterocycles. The van der Waals surface area contributed by atoms with Gasteiger partial charge in [-0.15, -0.1) is 0 Å². The fraction of sp³-hybridized carbons (Fsp3) is 0.360. The van der Waals surface area contributed by atoms with Crippen molar-refractivity contribution in [2.75, 3.05) is 27.3 Å². The van der Waals surface area contributed by atoms with E-state index in [2.05, 4.69) is 10.6 Å². The Morgan fingerprint density at radius 1 is 1.08 bits per heavy atom. The maximum atomic E-state index is 14.6. The lowest BCUT2D eigenvalue weighted by atomic mass is 9.77. The smallest absolute Gasteiger partial charge is 0.322 e. The predicted octanol–water partition coefficient (Wildman–Crippen LogP) is 2.18. The second-order valence-electron chi connectivity index (χ2n) is 9.39. The van der Waals surface area contributed by atoms with E-state index >= 15 is 0 Å². The number of carbonyl (C=O) groups excluding carboxylic acids is 2. The molecule has 13 heteroatoms. The first-order chi connectivity index (χ1) is 18.1. The summed E-state index contributed by atoms with van der Waals surface area (Å²) in [5.41, 5.74) is -1.42. The summed E-state index contributed by atoms with van der Waals surface area (Å²) >= 11 is 0. The highest BCUT2D eigenvalue weighted by Crippen LogP contribution is 2.38. The van der Waals surface area contributed by atoms with E-state index in [-0.39, 0.29) is 44.1 Å². The molecular formula is C25H27FN4O7S. The number of aromatic nitrogens is 1. The lowest BCUT2D eigenvalue weighted by Gasteiger charge is -2.40. The van der Waals surface area contributed by atoms with E-state index in [0.29, 0.717) is 16.5 Å². The monoisotopic (exact) mass is 546 g/mol. The zero-order chi connectivity index (χ0) is 27.2. The molecule has 5 rings (SSSR count). The van der Waals surface area contributed by atoms with Crippen molar-refractivity contribution in [3.63, 3.8) is 0 Å². The fourth-order valence-electron chi connectivity index (χ4n) is 5.33. The molecule has 0 spiro atoms. The SMILES string of the molecule is COc1ccc(S(=O)(=O)N2CCC(C3(Cn4cc5cc(OC)ccc5c4O)NC(=O)NC3=O)CC2)c(F)c1. The van der Waals surface area contributed by atoms with Crippen LogP contribution in [-0.2, 0) is 21.4 Å². The largest absolute Gasteiger partial charge is 0.497 e. The number of sulfonamides is 1. The summed E-state index contributed by atoms with van der Waals surface area (Å²) in [5, 5.41) is 17.1. The van der Waals surface area contributed by atoms with Crippen LogP contribution in [0.4, 0.5) is 9.18 Å². The second kappa shape index (κ2) is 9.48. The third kappa shape index (κ3) is 4.21. The number of halogens is 1. The quantitative estimate of drug-likeness (QED) is 0.386. The van der Waals surface area contributed by atoms with Crippen LogP contribution in [0, 0.1) is 11.7 Å². The second-order valence-corrected chi connectivity index (χ2v) is 11.3. The highest BCUT2D eigenvalue weighted by atomic mass is 32.2. The number of amides is 3. The molecule has 0 radical (unpaired) electrons. The minimum absolute atomic E-state index is 0.0141. The van der Waals surface area contributed by atoms with Gasteiger partial charge >= 0.3 is 6.03 Å². The van der Waals surface area contributed by atoms with Crippen molar-refractivity contribution >= 4 is 32.7 Å². The summed E-state index contributed by atoms with van der Waals surface area (Å²) in [6.45, 7) is -0.0433. The Morgan fingerprint density at radius 2 is 1.74 bits per heavy atom. The molecule has 2 aromatic carbocycles. The van der Waals surface area contributed by atoms with E-state index in [0.717, 1.165) is 12.1 Å². The average molecular weight is 547 g/mol. The zero-order valence-electron chi connectivity index (χ0n) is 20.7. The molecule has 0 bridgehead atoms. The van der Waals surface area contributed by atoms with Crippen molar-refractivity contribution in [3.8, 4) is 17.4 Å². The molecule has 1 atom stereocenters. The van der Waals surface area contributed by atoms with Crippen molar-refractivity contribution < 1.29 is 37.0 Å². The number of piperidine rings is 1. The van der Waals surface area contributed by atoms with Gasteiger partial charge in [0.25, 0.3) is 5.91 Å². The number of nitrogens with zero attached hydrogens (tertiary/aromatic N) is 2. The van der Waals surface area contributed by atoms with Gasteiger partial charge in [0.15, 0.2) is 5.88 Å². The summed E-state index contributed by atoms with van der Waals surface area (Å²) in [5.74, 6) is -1.22. The van der Waals surface area contributed by atoms with Crippen LogP contribution in [0.3, 0.4) is 0 Å². The summed E-state index contributed by atoms with van der Waals surface area (Å²) in [7, 11) is -1.26. The van der Waals surface area contributed by atoms with E-state index in [1.165, 1.54) is 29.2 Å². The van der Waals surface area contributed by atoms with Crippen molar-refractivity contribution in [2.45, 2.75) is 29.8 Å². The topological polar surface area (TPSA) is 139 Å². The minimum atomic E-state index is -4.14. The van der Waals surface area contributed by atoms with Crippen molar-refractivity contribution in [3.05, 3.63) is 48.4 Å². The number of imide groups is 1. The Kier molecular flexibility index (Phi) is 6.43. The molecule has 3 heterocycles. The van der Waals surface area contributed by atoms with E-state index in [4.69, 9.17) is 9.47 Å². The first-order valence-corrected chi connectivity index (χ1v) is 13.4. The molecule has 3 aromatic rings. The maximum Gasteiger partial charge on any atom is 0.322 e. The molecule has 202 valence electrons. The lowest BCUT2D eigenvalue weighted by molar-refractivity contribution is -0.127. The summed E-state index contributed by atoms with van der Waals surface area (Å²) in [6.07, 6.45) is 2.11. The average Bonchev–Trinajstić information content (AvgIpc) is 3.37. The highest BCUT2D eigenvalue weighted by Gasteiger charge is 2.53. The molecular weight excluding hydrogens is 519 g/mol. The summed E-state index contributed by atoms with van der Waals surface area (Å²) in [4.78, 5) is 24.9. The zero-order valence-corrected chi connectivity index (χ0v) is 21.5. The number of benzene rings is 2. The number of methoxy groups -OCH3 is 2. The number of nitrogens with one attached hydrogen (secondary N) is 2. The molecule has 2 aliphatic rings. The Hall–Kier alpha value is -3.84. The number of ether oxygens (including phenoxy) is 2. The molecule has 1 unspecified atom stereocenters. The van der Waals surface area contributed by atoms with Crippen LogP contribution >= 0.6 is 0 Å². The van der Waals surface area contributed by atoms with E-state index in [1.54, 1.807) is 24.4 Å². The van der Waals surface area contributed by atoms with Crippen LogP contribution < -0.4 is 20.1 Å². The molecule has 2 fully saturated rings. The molecule has 11 nitrogen and oxygen atoms in total. The standard InChI is InChI=1S/C25H27FN4O7S/c1-36-17-3-5-19-15(11-17)13-29(22(19)31)14-25(23(32)27-24(33)28-25)16-7-9-30(10-8-16)38(34,35)21-6-4-18(37-2)12-20(21)26/h3-6,11-13,16,31H,7-10,14H2,1-2H3,(H2,27,28,32,33). The molecule has 2 saturated heterocycles. The van der Waals surface area contributed by atoms with Gasteiger partial charge in [-0.05, 0) is 49.1 Å². The summed E-state index contributed by atoms with van der Waals surface area (Å²) in [6, 6.07) is 8.03. The van der Waals surface area contributed by atoms with Gasteiger partial charge in [-0.2, -0.15) is 4.31 Å². The van der Waals surface area contributed by atoms with Crippen molar-refractivity contribution in [1.29, 1.82) is 0 Å². The minimum Gasteiger partial charge on any atom is -0.497 e.